The Morgan fingerprint density at radius 3 is 2.50 bits per heavy atom. The first-order valence-electron chi connectivity index (χ1n) is 10.5. The van der Waals surface area contributed by atoms with Crippen molar-refractivity contribution in [3.05, 3.63) is 74.5 Å². The molecule has 0 atom stereocenters. The van der Waals surface area contributed by atoms with E-state index in [0.717, 1.165) is 32.1 Å². The van der Waals surface area contributed by atoms with Crippen molar-refractivity contribution in [2.75, 3.05) is 7.11 Å². The molecule has 1 saturated carbocycles. The van der Waals surface area contributed by atoms with Crippen LogP contribution in [0.5, 0.6) is 5.75 Å². The van der Waals surface area contributed by atoms with Crippen LogP contribution in [0.2, 0.25) is 5.02 Å². The fourth-order valence-electron chi connectivity index (χ4n) is 4.68. The molecule has 5 rings (SSSR count). The fraction of sp³-hybridized carbons (Fsp3) is 0.292. The first-order valence-corrected chi connectivity index (χ1v) is 10.9. The maximum absolute atomic E-state index is 13.8. The number of methoxy groups -OCH3 is 1. The molecule has 0 saturated heterocycles. The summed E-state index contributed by atoms with van der Waals surface area (Å²) in [7, 11) is 1.58. The van der Waals surface area contributed by atoms with E-state index in [1.54, 1.807) is 36.1 Å². The highest BCUT2D eigenvalue weighted by Gasteiger charge is 2.24. The van der Waals surface area contributed by atoms with E-state index in [2.05, 4.69) is 4.98 Å². The second-order valence-corrected chi connectivity index (χ2v) is 8.38. The van der Waals surface area contributed by atoms with Gasteiger partial charge in [0.2, 0.25) is 0 Å². The predicted molar refractivity (Wildman–Crippen MR) is 130 cm³/mol. The molecule has 0 unspecified atom stereocenters. The van der Waals surface area contributed by atoms with E-state index in [-0.39, 0.29) is 29.7 Å². The summed E-state index contributed by atoms with van der Waals surface area (Å²) in [6.45, 7) is 0. The SMILES string of the molecule is COc1cccc2c1ncc1c(=O)n(C3CCCCC3)c(=O)n(-c3cccc(Cl)c3)c12.Cl. The van der Waals surface area contributed by atoms with Crippen LogP contribution in [-0.4, -0.2) is 21.2 Å². The summed E-state index contributed by atoms with van der Waals surface area (Å²) in [5.41, 5.74) is 1.10. The van der Waals surface area contributed by atoms with Gasteiger partial charge in [-0.1, -0.05) is 49.1 Å². The van der Waals surface area contributed by atoms with E-state index in [4.69, 9.17) is 16.3 Å². The molecule has 1 aliphatic rings. The molecular formula is C24H23Cl2N3O3. The Bertz CT molecular complexity index is 1420. The number of halogens is 2. The van der Waals surface area contributed by atoms with Crippen molar-refractivity contribution < 1.29 is 4.74 Å². The number of pyridine rings is 1. The van der Waals surface area contributed by atoms with Gasteiger partial charge in [-0.2, -0.15) is 0 Å². The quantitative estimate of drug-likeness (QED) is 0.380. The average molecular weight is 472 g/mol. The molecule has 6 nitrogen and oxygen atoms in total. The first kappa shape index (κ1) is 22.4. The van der Waals surface area contributed by atoms with Gasteiger partial charge >= 0.3 is 5.69 Å². The van der Waals surface area contributed by atoms with Crippen molar-refractivity contribution in [2.24, 2.45) is 0 Å². The number of benzene rings is 2. The Hall–Kier alpha value is -2.83. The van der Waals surface area contributed by atoms with Crippen LogP contribution in [0.15, 0.2) is 58.3 Å². The predicted octanol–water partition coefficient (Wildman–Crippen LogP) is 5.29. The third-order valence-corrected chi connectivity index (χ3v) is 6.36. The van der Waals surface area contributed by atoms with Gasteiger partial charge in [-0.05, 0) is 37.1 Å². The van der Waals surface area contributed by atoms with Crippen LogP contribution in [0.3, 0.4) is 0 Å². The summed E-state index contributed by atoms with van der Waals surface area (Å²) in [6.07, 6.45) is 6.36. The molecule has 0 amide bonds. The van der Waals surface area contributed by atoms with Crippen LogP contribution in [-0.2, 0) is 0 Å². The number of ether oxygens (including phenoxy) is 1. The van der Waals surface area contributed by atoms with E-state index in [9.17, 15) is 9.59 Å². The van der Waals surface area contributed by atoms with Gasteiger partial charge < -0.3 is 4.74 Å². The summed E-state index contributed by atoms with van der Waals surface area (Å²) in [5, 5.41) is 1.61. The number of hydrogen-bond acceptors (Lipinski definition) is 4. The number of hydrogen-bond donors (Lipinski definition) is 0. The molecule has 2 aromatic carbocycles. The molecule has 0 N–H and O–H groups in total. The summed E-state index contributed by atoms with van der Waals surface area (Å²) in [4.78, 5) is 31.9. The molecule has 32 heavy (non-hydrogen) atoms. The number of aromatic nitrogens is 3. The number of nitrogens with zero attached hydrogens (tertiary/aromatic N) is 3. The normalized spacial score (nSPS) is 14.4. The highest BCUT2D eigenvalue weighted by atomic mass is 35.5. The Kier molecular flexibility index (Phi) is 6.26. The van der Waals surface area contributed by atoms with Gasteiger partial charge in [-0.15, -0.1) is 12.4 Å². The van der Waals surface area contributed by atoms with Crippen LogP contribution in [0, 0.1) is 0 Å². The molecule has 8 heteroatoms. The fourth-order valence-corrected chi connectivity index (χ4v) is 4.86. The molecule has 1 aliphatic carbocycles. The molecule has 0 aliphatic heterocycles. The number of fused-ring (bicyclic) bond motifs is 3. The van der Waals surface area contributed by atoms with Gasteiger partial charge in [-0.3, -0.25) is 18.9 Å². The Morgan fingerprint density at radius 2 is 1.78 bits per heavy atom. The third kappa shape index (κ3) is 3.57. The average Bonchev–Trinajstić information content (AvgIpc) is 2.79. The second kappa shape index (κ2) is 8.96. The van der Waals surface area contributed by atoms with Crippen molar-refractivity contribution in [3.8, 4) is 11.4 Å². The molecular weight excluding hydrogens is 449 g/mol. The van der Waals surface area contributed by atoms with Crippen molar-refractivity contribution in [3.63, 3.8) is 0 Å². The molecule has 1 fully saturated rings. The van der Waals surface area contributed by atoms with Gasteiger partial charge in [0.1, 0.15) is 11.3 Å². The van der Waals surface area contributed by atoms with Gasteiger partial charge in [0.05, 0.1) is 23.7 Å². The monoisotopic (exact) mass is 471 g/mol. The maximum atomic E-state index is 13.8. The zero-order valence-electron chi connectivity index (χ0n) is 17.6. The lowest BCUT2D eigenvalue weighted by molar-refractivity contribution is 0.335. The highest BCUT2D eigenvalue weighted by Crippen LogP contribution is 2.31. The first-order chi connectivity index (χ1) is 15.1. The highest BCUT2D eigenvalue weighted by molar-refractivity contribution is 6.30. The van der Waals surface area contributed by atoms with E-state index in [0.29, 0.717) is 38.3 Å². The summed E-state index contributed by atoms with van der Waals surface area (Å²) >= 11 is 6.27. The summed E-state index contributed by atoms with van der Waals surface area (Å²) in [6, 6.07) is 12.5. The molecule has 2 aromatic heterocycles. The van der Waals surface area contributed by atoms with Crippen LogP contribution in [0.1, 0.15) is 38.1 Å². The lowest BCUT2D eigenvalue weighted by atomic mass is 9.95. The van der Waals surface area contributed by atoms with Crippen LogP contribution < -0.4 is 16.0 Å². The maximum Gasteiger partial charge on any atom is 0.336 e. The standard InChI is InChI=1S/C24H22ClN3O3.ClH/c1-31-20-12-6-11-18-21(20)26-14-19-22(18)27(17-10-5-7-15(25)13-17)24(30)28(23(19)29)16-8-3-2-4-9-16;/h5-7,10-14,16H,2-4,8-9H2,1H3;1H. The molecule has 0 bridgehead atoms. The molecule has 4 aromatic rings. The molecule has 2 heterocycles. The number of rotatable bonds is 3. The largest absolute Gasteiger partial charge is 0.494 e. The van der Waals surface area contributed by atoms with Gasteiger partial charge in [0.25, 0.3) is 5.56 Å². The van der Waals surface area contributed by atoms with Crippen LogP contribution in [0.4, 0.5) is 0 Å². The zero-order valence-corrected chi connectivity index (χ0v) is 19.2. The third-order valence-electron chi connectivity index (χ3n) is 6.13. The number of para-hydroxylation sites is 1. The van der Waals surface area contributed by atoms with Crippen molar-refractivity contribution >= 4 is 45.8 Å². The van der Waals surface area contributed by atoms with Crippen molar-refractivity contribution in [2.45, 2.75) is 38.1 Å². The summed E-state index contributed by atoms with van der Waals surface area (Å²) in [5.74, 6) is 0.584. The second-order valence-electron chi connectivity index (χ2n) is 7.94. The minimum Gasteiger partial charge on any atom is -0.494 e. The topological polar surface area (TPSA) is 66.1 Å². The lowest BCUT2D eigenvalue weighted by Gasteiger charge is -2.25. The van der Waals surface area contributed by atoms with Gasteiger partial charge in [0.15, 0.2) is 0 Å². The molecule has 166 valence electrons. The van der Waals surface area contributed by atoms with E-state index < -0.39 is 0 Å². The Balaban J connectivity index is 0.00000245. The van der Waals surface area contributed by atoms with Crippen LogP contribution in [0.25, 0.3) is 27.5 Å². The summed E-state index contributed by atoms with van der Waals surface area (Å²) < 4.78 is 8.49. The van der Waals surface area contributed by atoms with E-state index in [1.165, 1.54) is 4.57 Å². The minimum atomic E-state index is -0.345. The van der Waals surface area contributed by atoms with Crippen molar-refractivity contribution in [1.82, 2.24) is 14.1 Å². The molecule has 0 spiro atoms. The van der Waals surface area contributed by atoms with Gasteiger partial charge in [-0.25, -0.2) is 4.79 Å². The van der Waals surface area contributed by atoms with E-state index in [1.807, 2.05) is 24.3 Å². The lowest BCUT2D eigenvalue weighted by Crippen LogP contribution is -2.42. The Labute approximate surface area is 195 Å². The van der Waals surface area contributed by atoms with Gasteiger partial charge in [0, 0.05) is 22.6 Å². The van der Waals surface area contributed by atoms with Crippen LogP contribution >= 0.6 is 24.0 Å². The smallest absolute Gasteiger partial charge is 0.336 e. The Morgan fingerprint density at radius 1 is 1.03 bits per heavy atom. The molecule has 0 radical (unpaired) electrons. The zero-order chi connectivity index (χ0) is 21.5. The minimum absolute atomic E-state index is 0. The van der Waals surface area contributed by atoms with Crippen molar-refractivity contribution in [1.29, 1.82) is 0 Å². The van der Waals surface area contributed by atoms with E-state index >= 15 is 0 Å².